The number of rotatable bonds is 4. The van der Waals surface area contributed by atoms with Gasteiger partial charge in [-0.1, -0.05) is 68.5 Å². The van der Waals surface area contributed by atoms with Crippen LogP contribution in [0, 0.1) is 0 Å². The van der Waals surface area contributed by atoms with Crippen LogP contribution in [-0.2, 0) is 19.0 Å². The summed E-state index contributed by atoms with van der Waals surface area (Å²) in [6.45, 7) is 10.5. The first-order valence-electron chi connectivity index (χ1n) is 13.5. The molecule has 8 heteroatoms. The molecule has 2 aliphatic rings. The molecule has 0 N–H and O–H groups in total. The molecule has 0 atom stereocenters. The van der Waals surface area contributed by atoms with Crippen molar-refractivity contribution in [2.45, 2.75) is 57.6 Å². The van der Waals surface area contributed by atoms with E-state index in [9.17, 15) is 0 Å². The van der Waals surface area contributed by atoms with E-state index in [2.05, 4.69) is 89.2 Å². The van der Waals surface area contributed by atoms with Crippen LogP contribution in [0.3, 0.4) is 0 Å². The van der Waals surface area contributed by atoms with Crippen LogP contribution in [0.1, 0.15) is 51.2 Å². The first-order valence-corrected chi connectivity index (χ1v) is 14.3. The summed E-state index contributed by atoms with van der Waals surface area (Å²) in [6, 6.07) is 17.7. The Kier molecular flexibility index (Phi) is 6.38. The summed E-state index contributed by atoms with van der Waals surface area (Å²) in [6.07, 6.45) is 6.59. The van der Waals surface area contributed by atoms with Crippen molar-refractivity contribution in [3.8, 4) is 16.5 Å². The highest BCUT2D eigenvalue weighted by Crippen LogP contribution is 2.42. The summed E-state index contributed by atoms with van der Waals surface area (Å²) in [5.41, 5.74) is 3.91. The minimum atomic E-state index is -0.153. The second kappa shape index (κ2) is 9.73. The third kappa shape index (κ3) is 5.01. The fraction of sp³-hybridized carbons (Fsp3) is 0.433. The van der Waals surface area contributed by atoms with Crippen LogP contribution in [0.25, 0.3) is 10.7 Å². The lowest BCUT2D eigenvalue weighted by Crippen LogP contribution is -2.48. The van der Waals surface area contributed by atoms with Crippen LogP contribution >= 0.6 is 11.3 Å². The van der Waals surface area contributed by atoms with Crippen LogP contribution < -0.4 is 14.5 Å². The maximum Gasteiger partial charge on any atom is 0.192 e. The van der Waals surface area contributed by atoms with Gasteiger partial charge in [0.15, 0.2) is 11.0 Å². The summed E-state index contributed by atoms with van der Waals surface area (Å²) >= 11 is 1.67. The molecule has 7 nitrogen and oxygen atoms in total. The smallest absolute Gasteiger partial charge is 0.192 e. The van der Waals surface area contributed by atoms with E-state index in [0.29, 0.717) is 0 Å². The molecular weight excluding hydrogens is 492 g/mol. The van der Waals surface area contributed by atoms with Crippen molar-refractivity contribution in [2.75, 3.05) is 29.4 Å². The van der Waals surface area contributed by atoms with Crippen LogP contribution in [0.15, 0.2) is 61.1 Å². The molecule has 0 radical (unpaired) electrons. The van der Waals surface area contributed by atoms with Gasteiger partial charge >= 0.3 is 0 Å². The third-order valence-corrected chi connectivity index (χ3v) is 8.88. The highest BCUT2D eigenvalue weighted by molar-refractivity contribution is 7.18. The molecule has 2 aromatic heterocycles. The van der Waals surface area contributed by atoms with Gasteiger partial charge in [-0.15, -0.1) is 0 Å². The second-order valence-electron chi connectivity index (χ2n) is 11.6. The van der Waals surface area contributed by atoms with Crippen molar-refractivity contribution in [1.82, 2.24) is 19.7 Å². The van der Waals surface area contributed by atoms with Crippen molar-refractivity contribution >= 4 is 22.2 Å². The molecule has 4 aromatic rings. The Labute approximate surface area is 229 Å². The SMILES string of the molecule is Cn1cnc(-c2cnc(N3CCC4(CC3)CCN(Cc3ccc(C(C)(C)C)cc3)c3ccccc3O4)s2)n1. The Bertz CT molecular complexity index is 1390. The summed E-state index contributed by atoms with van der Waals surface area (Å²) in [5.74, 6) is 1.74. The highest BCUT2D eigenvalue weighted by Gasteiger charge is 2.40. The zero-order chi connectivity index (χ0) is 26.3. The monoisotopic (exact) mass is 528 g/mol. The van der Waals surface area contributed by atoms with E-state index in [1.54, 1.807) is 22.3 Å². The zero-order valence-electron chi connectivity index (χ0n) is 22.7. The van der Waals surface area contributed by atoms with Crippen molar-refractivity contribution < 1.29 is 4.74 Å². The van der Waals surface area contributed by atoms with Crippen LogP contribution in [0.4, 0.5) is 10.8 Å². The first-order chi connectivity index (χ1) is 18.3. The lowest BCUT2D eigenvalue weighted by molar-refractivity contribution is 0.0411. The summed E-state index contributed by atoms with van der Waals surface area (Å²) in [7, 11) is 1.89. The molecule has 0 unspecified atom stereocenters. The molecule has 198 valence electrons. The number of anilines is 2. The number of piperidine rings is 1. The first kappa shape index (κ1) is 24.9. The summed E-state index contributed by atoms with van der Waals surface area (Å²) < 4.78 is 8.60. The largest absolute Gasteiger partial charge is 0.485 e. The van der Waals surface area contributed by atoms with Gasteiger partial charge in [0, 0.05) is 52.5 Å². The maximum atomic E-state index is 6.87. The highest BCUT2D eigenvalue weighted by atomic mass is 32.1. The average molecular weight is 529 g/mol. The minimum absolute atomic E-state index is 0.153. The molecular formula is C30H36N6OS. The molecule has 0 bridgehead atoms. The van der Waals surface area contributed by atoms with Crippen LogP contribution in [0.2, 0.25) is 0 Å². The summed E-state index contributed by atoms with van der Waals surface area (Å²) in [5, 5.41) is 5.46. The number of thiazole rings is 1. The van der Waals surface area contributed by atoms with E-state index >= 15 is 0 Å². The van der Waals surface area contributed by atoms with Crippen LogP contribution in [-0.4, -0.2) is 45.0 Å². The molecule has 0 saturated carbocycles. The average Bonchev–Trinajstić information content (AvgIpc) is 3.54. The lowest BCUT2D eigenvalue weighted by atomic mass is 9.86. The third-order valence-electron chi connectivity index (χ3n) is 7.82. The van der Waals surface area contributed by atoms with Gasteiger partial charge in [-0.05, 0) is 28.7 Å². The maximum absolute atomic E-state index is 6.87. The predicted molar refractivity (Wildman–Crippen MR) is 154 cm³/mol. The molecule has 0 aliphatic carbocycles. The van der Waals surface area contributed by atoms with Crippen molar-refractivity contribution in [3.63, 3.8) is 0 Å². The number of fused-ring (bicyclic) bond motifs is 1. The quantitative estimate of drug-likeness (QED) is 0.321. The normalized spacial score (nSPS) is 17.3. The van der Waals surface area contributed by atoms with Gasteiger partial charge in [-0.3, -0.25) is 4.68 Å². The van der Waals surface area contributed by atoms with Crippen molar-refractivity contribution in [2.24, 2.45) is 7.05 Å². The van der Waals surface area contributed by atoms with Gasteiger partial charge in [-0.2, -0.15) is 5.10 Å². The number of ether oxygens (including phenoxy) is 1. The van der Waals surface area contributed by atoms with Gasteiger partial charge in [-0.25, -0.2) is 9.97 Å². The Morgan fingerprint density at radius 1 is 0.947 bits per heavy atom. The molecule has 2 aliphatic heterocycles. The Hall–Kier alpha value is -3.39. The van der Waals surface area contributed by atoms with Gasteiger partial charge in [0.1, 0.15) is 17.7 Å². The molecule has 4 heterocycles. The van der Waals surface area contributed by atoms with E-state index in [4.69, 9.17) is 9.72 Å². The van der Waals surface area contributed by atoms with E-state index in [-0.39, 0.29) is 11.0 Å². The van der Waals surface area contributed by atoms with E-state index in [1.807, 2.05) is 13.2 Å². The minimum Gasteiger partial charge on any atom is -0.485 e. The Morgan fingerprint density at radius 2 is 1.68 bits per heavy atom. The number of hydrogen-bond acceptors (Lipinski definition) is 7. The number of aryl methyl sites for hydroxylation is 1. The van der Waals surface area contributed by atoms with E-state index in [0.717, 1.165) is 67.0 Å². The van der Waals surface area contributed by atoms with Crippen molar-refractivity contribution in [1.29, 1.82) is 0 Å². The zero-order valence-corrected chi connectivity index (χ0v) is 23.5. The fourth-order valence-corrected chi connectivity index (χ4v) is 6.37. The second-order valence-corrected chi connectivity index (χ2v) is 12.6. The molecule has 2 aromatic carbocycles. The Balaban J connectivity index is 1.16. The molecule has 1 fully saturated rings. The molecule has 38 heavy (non-hydrogen) atoms. The topological polar surface area (TPSA) is 59.3 Å². The Morgan fingerprint density at radius 3 is 2.39 bits per heavy atom. The number of nitrogens with zero attached hydrogens (tertiary/aromatic N) is 6. The number of benzene rings is 2. The molecule has 6 rings (SSSR count). The van der Waals surface area contributed by atoms with Gasteiger partial charge in [0.2, 0.25) is 0 Å². The van der Waals surface area contributed by atoms with E-state index < -0.39 is 0 Å². The fourth-order valence-electron chi connectivity index (χ4n) is 5.47. The standard InChI is InChI=1S/C30H36N6OS/c1-29(2,3)23-11-9-22(10-12-23)20-36-18-15-30(37-25-8-6-5-7-24(25)36)13-16-35(17-14-30)28-31-19-26(38-28)27-32-21-34(4)33-27/h5-12,19,21H,13-18,20H2,1-4H3. The molecule has 1 spiro atoms. The van der Waals surface area contributed by atoms with Gasteiger partial charge < -0.3 is 14.5 Å². The number of hydrogen-bond donors (Lipinski definition) is 0. The number of aromatic nitrogens is 4. The lowest BCUT2D eigenvalue weighted by Gasteiger charge is -2.41. The van der Waals surface area contributed by atoms with Gasteiger partial charge in [0.25, 0.3) is 0 Å². The van der Waals surface area contributed by atoms with Gasteiger partial charge in [0.05, 0.1) is 16.8 Å². The number of para-hydroxylation sites is 2. The molecule has 1 saturated heterocycles. The summed E-state index contributed by atoms with van der Waals surface area (Å²) in [4.78, 5) is 15.0. The van der Waals surface area contributed by atoms with E-state index in [1.165, 1.54) is 16.8 Å². The van der Waals surface area contributed by atoms with Crippen molar-refractivity contribution in [3.05, 3.63) is 72.2 Å². The molecule has 0 amide bonds. The predicted octanol–water partition coefficient (Wildman–Crippen LogP) is 6.06. The van der Waals surface area contributed by atoms with Crippen LogP contribution in [0.5, 0.6) is 5.75 Å².